The van der Waals surface area contributed by atoms with Gasteiger partial charge in [0.25, 0.3) is 0 Å². The topological polar surface area (TPSA) is 64.1 Å². The lowest BCUT2D eigenvalue weighted by Crippen LogP contribution is -2.12. The second kappa shape index (κ2) is 6.65. The lowest BCUT2D eigenvalue weighted by atomic mass is 10.0. The summed E-state index contributed by atoms with van der Waals surface area (Å²) in [6, 6.07) is 10.2. The molecule has 1 aromatic carbocycles. The first-order valence-electron chi connectivity index (χ1n) is 6.40. The van der Waals surface area contributed by atoms with E-state index in [4.69, 9.17) is 0 Å². The van der Waals surface area contributed by atoms with Crippen LogP contribution in [0.5, 0.6) is 0 Å². The van der Waals surface area contributed by atoms with E-state index in [0.29, 0.717) is 11.7 Å². The number of aromatic nitrogens is 2. The van der Waals surface area contributed by atoms with Gasteiger partial charge in [-0.15, -0.1) is 0 Å². The zero-order valence-electron chi connectivity index (χ0n) is 11.5. The van der Waals surface area contributed by atoms with Gasteiger partial charge in [0.15, 0.2) is 5.69 Å². The second-order valence-corrected chi connectivity index (χ2v) is 4.47. The van der Waals surface area contributed by atoms with Crippen molar-refractivity contribution in [2.24, 2.45) is 0 Å². The zero-order valence-corrected chi connectivity index (χ0v) is 11.5. The quantitative estimate of drug-likeness (QED) is 0.846. The fraction of sp³-hybridized carbons (Fsp3) is 0.267. The minimum absolute atomic E-state index is 0.203. The number of nitrogens with one attached hydrogen (secondary N) is 1. The van der Waals surface area contributed by atoms with E-state index in [1.54, 1.807) is 0 Å². The number of methoxy groups -OCH3 is 1. The van der Waals surface area contributed by atoms with Gasteiger partial charge in [-0.25, -0.2) is 14.8 Å². The predicted octanol–water partition coefficient (Wildman–Crippen LogP) is 2.48. The molecule has 5 nitrogen and oxygen atoms in total. The van der Waals surface area contributed by atoms with Gasteiger partial charge in [-0.3, -0.25) is 0 Å². The monoisotopic (exact) mass is 271 g/mol. The maximum absolute atomic E-state index is 11.2. The molecule has 1 unspecified atom stereocenters. The van der Waals surface area contributed by atoms with Gasteiger partial charge in [0.05, 0.1) is 19.5 Å². The fourth-order valence-electron chi connectivity index (χ4n) is 1.79. The van der Waals surface area contributed by atoms with Crippen molar-refractivity contribution in [1.82, 2.24) is 9.97 Å². The van der Waals surface area contributed by atoms with Crippen LogP contribution in [0.1, 0.15) is 28.9 Å². The van der Waals surface area contributed by atoms with E-state index in [0.717, 1.165) is 6.54 Å². The Kier molecular flexibility index (Phi) is 4.65. The molecule has 5 heteroatoms. The second-order valence-electron chi connectivity index (χ2n) is 4.47. The summed E-state index contributed by atoms with van der Waals surface area (Å²) >= 11 is 0. The number of hydrogen-bond acceptors (Lipinski definition) is 5. The van der Waals surface area contributed by atoms with Gasteiger partial charge in [0, 0.05) is 6.54 Å². The highest BCUT2D eigenvalue weighted by atomic mass is 16.5. The third kappa shape index (κ3) is 3.54. The first-order valence-corrected chi connectivity index (χ1v) is 6.40. The Morgan fingerprint density at radius 2 is 2.00 bits per heavy atom. The molecule has 2 rings (SSSR count). The van der Waals surface area contributed by atoms with Gasteiger partial charge in [0.1, 0.15) is 5.82 Å². The molecule has 1 atom stereocenters. The Morgan fingerprint density at radius 1 is 1.25 bits per heavy atom. The Bertz CT molecular complexity index is 555. The van der Waals surface area contributed by atoms with Crippen LogP contribution in [-0.2, 0) is 4.74 Å². The molecule has 1 aromatic heterocycles. The highest BCUT2D eigenvalue weighted by Crippen LogP contribution is 2.15. The molecule has 0 spiro atoms. The van der Waals surface area contributed by atoms with E-state index in [9.17, 15) is 4.79 Å². The maximum Gasteiger partial charge on any atom is 0.358 e. The van der Waals surface area contributed by atoms with Crippen LogP contribution >= 0.6 is 0 Å². The third-order valence-corrected chi connectivity index (χ3v) is 3.00. The van der Waals surface area contributed by atoms with Crippen molar-refractivity contribution in [1.29, 1.82) is 0 Å². The summed E-state index contributed by atoms with van der Waals surface area (Å²) < 4.78 is 4.57. The van der Waals surface area contributed by atoms with Crippen molar-refractivity contribution in [3.05, 3.63) is 54.0 Å². The average molecular weight is 271 g/mol. The van der Waals surface area contributed by atoms with Crippen LogP contribution in [0.4, 0.5) is 5.82 Å². The smallest absolute Gasteiger partial charge is 0.358 e. The molecule has 0 saturated heterocycles. The Hall–Kier alpha value is -2.43. The summed E-state index contributed by atoms with van der Waals surface area (Å²) in [6.07, 6.45) is 2.94. The zero-order chi connectivity index (χ0) is 14.4. The van der Waals surface area contributed by atoms with Crippen LogP contribution in [0.25, 0.3) is 0 Å². The lowest BCUT2D eigenvalue weighted by Gasteiger charge is -2.13. The maximum atomic E-state index is 11.2. The molecule has 0 bridgehead atoms. The van der Waals surface area contributed by atoms with Crippen molar-refractivity contribution in [2.45, 2.75) is 12.8 Å². The summed E-state index contributed by atoms with van der Waals surface area (Å²) in [4.78, 5) is 19.4. The summed E-state index contributed by atoms with van der Waals surface area (Å²) in [5, 5.41) is 3.20. The summed E-state index contributed by atoms with van der Waals surface area (Å²) in [5.74, 6) is 0.514. The summed E-state index contributed by atoms with van der Waals surface area (Å²) in [5.41, 5.74) is 1.47. The number of carbonyl (C=O) groups is 1. The van der Waals surface area contributed by atoms with Crippen molar-refractivity contribution >= 4 is 11.8 Å². The predicted molar refractivity (Wildman–Crippen MR) is 76.7 cm³/mol. The number of anilines is 1. The van der Waals surface area contributed by atoms with E-state index < -0.39 is 5.97 Å². The average Bonchev–Trinajstić information content (AvgIpc) is 2.53. The molecule has 2 aromatic rings. The molecule has 0 amide bonds. The van der Waals surface area contributed by atoms with E-state index in [1.165, 1.54) is 25.1 Å². The van der Waals surface area contributed by atoms with Gasteiger partial charge < -0.3 is 10.1 Å². The number of benzene rings is 1. The molecule has 1 heterocycles. The van der Waals surface area contributed by atoms with Crippen LogP contribution < -0.4 is 5.32 Å². The van der Waals surface area contributed by atoms with E-state index in [-0.39, 0.29) is 5.69 Å². The highest BCUT2D eigenvalue weighted by molar-refractivity contribution is 5.86. The Balaban J connectivity index is 1.93. The molecule has 0 fully saturated rings. The minimum Gasteiger partial charge on any atom is -0.464 e. The first-order chi connectivity index (χ1) is 9.70. The van der Waals surface area contributed by atoms with Crippen LogP contribution in [0, 0.1) is 0 Å². The van der Waals surface area contributed by atoms with Crippen LogP contribution in [0.3, 0.4) is 0 Å². The number of rotatable bonds is 5. The van der Waals surface area contributed by atoms with Gasteiger partial charge in [-0.05, 0) is 11.5 Å². The Labute approximate surface area is 118 Å². The van der Waals surface area contributed by atoms with Gasteiger partial charge >= 0.3 is 5.97 Å². The molecule has 20 heavy (non-hydrogen) atoms. The van der Waals surface area contributed by atoms with Crippen LogP contribution in [0.2, 0.25) is 0 Å². The van der Waals surface area contributed by atoms with Crippen molar-refractivity contribution in [3.8, 4) is 0 Å². The number of nitrogens with zero attached hydrogens (tertiary/aromatic N) is 2. The number of esters is 1. The fourth-order valence-corrected chi connectivity index (χ4v) is 1.79. The van der Waals surface area contributed by atoms with Crippen LogP contribution in [0.15, 0.2) is 42.7 Å². The first kappa shape index (κ1) is 14.0. The van der Waals surface area contributed by atoms with Crippen molar-refractivity contribution in [3.63, 3.8) is 0 Å². The van der Waals surface area contributed by atoms with Crippen molar-refractivity contribution in [2.75, 3.05) is 19.0 Å². The number of carbonyl (C=O) groups excluding carboxylic acids is 1. The molecular weight excluding hydrogens is 254 g/mol. The SMILES string of the molecule is COC(=O)c1cnc(NCC(C)c2ccccc2)cn1. The van der Waals surface area contributed by atoms with Gasteiger partial charge in [-0.2, -0.15) is 0 Å². The van der Waals surface area contributed by atoms with E-state index >= 15 is 0 Å². The Morgan fingerprint density at radius 3 is 2.60 bits per heavy atom. The summed E-state index contributed by atoms with van der Waals surface area (Å²) in [7, 11) is 1.32. The number of ether oxygens (including phenoxy) is 1. The lowest BCUT2D eigenvalue weighted by molar-refractivity contribution is 0.0593. The van der Waals surface area contributed by atoms with Gasteiger partial charge in [-0.1, -0.05) is 37.3 Å². The van der Waals surface area contributed by atoms with Crippen LogP contribution in [-0.4, -0.2) is 29.6 Å². The van der Waals surface area contributed by atoms with E-state index in [2.05, 4.69) is 39.1 Å². The molecule has 104 valence electrons. The number of hydrogen-bond donors (Lipinski definition) is 1. The molecule has 1 N–H and O–H groups in total. The third-order valence-electron chi connectivity index (χ3n) is 3.00. The normalized spacial score (nSPS) is 11.7. The molecule has 0 aliphatic rings. The molecule has 0 aliphatic heterocycles. The molecule has 0 saturated carbocycles. The highest BCUT2D eigenvalue weighted by Gasteiger charge is 2.08. The van der Waals surface area contributed by atoms with Gasteiger partial charge in [0.2, 0.25) is 0 Å². The van der Waals surface area contributed by atoms with Crippen molar-refractivity contribution < 1.29 is 9.53 Å². The molecular formula is C15H17N3O2. The van der Waals surface area contributed by atoms with E-state index in [1.807, 2.05) is 18.2 Å². The minimum atomic E-state index is -0.485. The largest absolute Gasteiger partial charge is 0.464 e. The standard InChI is InChI=1S/C15H17N3O2/c1-11(12-6-4-3-5-7-12)8-17-14-10-16-13(9-18-14)15(19)20-2/h3-7,9-11H,8H2,1-2H3,(H,17,18). The molecule has 0 aliphatic carbocycles. The summed E-state index contributed by atoms with van der Waals surface area (Å²) in [6.45, 7) is 2.88. The molecule has 0 radical (unpaired) electrons.